The summed E-state index contributed by atoms with van der Waals surface area (Å²) in [5, 5.41) is 2.55. The first kappa shape index (κ1) is 20.3. The molecule has 142 valence electrons. The Balaban J connectivity index is 2.14. The van der Waals surface area contributed by atoms with E-state index in [0.29, 0.717) is 5.56 Å². The van der Waals surface area contributed by atoms with Gasteiger partial charge in [0.05, 0.1) is 5.69 Å². The average Bonchev–Trinajstić information content (AvgIpc) is 2.62. The summed E-state index contributed by atoms with van der Waals surface area (Å²) in [5.74, 6) is -1.24. The van der Waals surface area contributed by atoms with Crippen molar-refractivity contribution in [2.45, 2.75) is 31.1 Å². The van der Waals surface area contributed by atoms with Gasteiger partial charge in [-0.1, -0.05) is 30.3 Å². The number of benzene rings is 2. The summed E-state index contributed by atoms with van der Waals surface area (Å²) in [4.78, 5) is 34.9. The Bertz CT molecular complexity index is 940. The maximum Gasteiger partial charge on any atom is 0.266 e. The summed E-state index contributed by atoms with van der Waals surface area (Å²) in [6, 6.07) is 14.2. The van der Waals surface area contributed by atoms with Gasteiger partial charge in [-0.3, -0.25) is 9.59 Å². The second-order valence-corrected chi connectivity index (χ2v) is 7.55. The van der Waals surface area contributed by atoms with E-state index in [-0.39, 0.29) is 35.6 Å². The van der Waals surface area contributed by atoms with E-state index in [1.807, 2.05) is 4.72 Å². The van der Waals surface area contributed by atoms with Crippen LogP contribution in [0.2, 0.25) is 0 Å². The Morgan fingerprint density at radius 1 is 0.889 bits per heavy atom. The second kappa shape index (κ2) is 9.09. The fraction of sp³-hybridized carbons (Fsp3) is 0.211. The van der Waals surface area contributed by atoms with Crippen LogP contribution in [0.25, 0.3) is 0 Å². The van der Waals surface area contributed by atoms with E-state index in [1.54, 1.807) is 36.4 Å². The molecule has 0 aromatic heterocycles. The van der Waals surface area contributed by atoms with Gasteiger partial charge in [-0.05, 0) is 37.6 Å². The van der Waals surface area contributed by atoms with Gasteiger partial charge >= 0.3 is 0 Å². The molecule has 2 amide bonds. The van der Waals surface area contributed by atoms with Gasteiger partial charge in [-0.25, -0.2) is 13.1 Å². The van der Waals surface area contributed by atoms with Gasteiger partial charge < -0.3 is 10.1 Å². The molecule has 2 aromatic carbocycles. The Labute approximate surface area is 157 Å². The highest BCUT2D eigenvalue weighted by molar-refractivity contribution is 7.90. The first-order valence-electron chi connectivity index (χ1n) is 8.30. The van der Waals surface area contributed by atoms with Gasteiger partial charge in [0.15, 0.2) is 0 Å². The average molecular weight is 388 g/mol. The fourth-order valence-corrected chi connectivity index (χ4v) is 3.52. The van der Waals surface area contributed by atoms with E-state index in [0.717, 1.165) is 0 Å². The molecule has 27 heavy (non-hydrogen) atoms. The molecule has 0 aliphatic rings. The number of sulfonamides is 1. The van der Waals surface area contributed by atoms with Gasteiger partial charge in [0.2, 0.25) is 5.91 Å². The van der Waals surface area contributed by atoms with Gasteiger partial charge in [-0.2, -0.15) is 0 Å². The summed E-state index contributed by atoms with van der Waals surface area (Å²) < 4.78 is 27.0. The Morgan fingerprint density at radius 3 is 2.19 bits per heavy atom. The molecule has 2 N–H and O–H groups in total. The summed E-state index contributed by atoms with van der Waals surface area (Å²) in [5.41, 5.74) is 0.438. The molecule has 0 saturated carbocycles. The zero-order valence-electron chi connectivity index (χ0n) is 14.8. The number of anilines is 1. The van der Waals surface area contributed by atoms with E-state index in [1.165, 1.54) is 25.1 Å². The van der Waals surface area contributed by atoms with Crippen molar-refractivity contribution in [1.29, 1.82) is 0 Å². The number of para-hydroxylation sites is 1. The molecular formula is C19H20N2O5S. The van der Waals surface area contributed by atoms with Crippen molar-refractivity contribution in [1.82, 2.24) is 4.72 Å². The normalized spacial score (nSPS) is 10.9. The molecule has 0 bridgehead atoms. The number of amides is 2. The van der Waals surface area contributed by atoms with E-state index >= 15 is 0 Å². The molecule has 0 atom stereocenters. The molecule has 0 aliphatic carbocycles. The zero-order valence-corrected chi connectivity index (χ0v) is 15.6. The monoisotopic (exact) mass is 388 g/mol. The number of Topliss-reactive ketones (excluding diaryl/α,β-unsaturated/α-hetero) is 1. The number of rotatable bonds is 8. The Hall–Kier alpha value is -3.00. The van der Waals surface area contributed by atoms with Crippen LogP contribution in [0, 0.1) is 0 Å². The smallest absolute Gasteiger partial charge is 0.266 e. The summed E-state index contributed by atoms with van der Waals surface area (Å²) in [6.45, 7) is 1.40. The summed E-state index contributed by atoms with van der Waals surface area (Å²) >= 11 is 0. The molecule has 0 aliphatic heterocycles. The molecule has 0 spiro atoms. The maximum absolute atomic E-state index is 12.5. The van der Waals surface area contributed by atoms with E-state index in [9.17, 15) is 22.8 Å². The lowest BCUT2D eigenvalue weighted by molar-refractivity contribution is -0.119. The molecule has 0 fully saturated rings. The molecule has 2 aromatic rings. The summed E-state index contributed by atoms with van der Waals surface area (Å²) in [7, 11) is -4.17. The van der Waals surface area contributed by atoms with E-state index in [4.69, 9.17) is 0 Å². The highest BCUT2D eigenvalue weighted by atomic mass is 32.2. The second-order valence-electron chi connectivity index (χ2n) is 5.90. The van der Waals surface area contributed by atoms with Crippen molar-refractivity contribution < 1.29 is 22.8 Å². The number of carbonyl (C=O) groups is 3. The van der Waals surface area contributed by atoms with Crippen LogP contribution < -0.4 is 10.0 Å². The third-order valence-electron chi connectivity index (χ3n) is 3.64. The third kappa shape index (κ3) is 6.03. The van der Waals surface area contributed by atoms with Crippen LogP contribution in [0.4, 0.5) is 5.69 Å². The minimum Gasteiger partial charge on any atom is -0.321 e. The molecule has 2 rings (SSSR count). The predicted octanol–water partition coefficient (Wildman–Crippen LogP) is 2.50. The minimum atomic E-state index is -4.17. The standard InChI is InChI=1S/C19H20N2O5S/c1-14(22)8-7-13-18(23)21-27(25,26)17-12-6-5-11-16(17)20-19(24)15-9-3-2-4-10-15/h2-6,9-12H,7-8,13H2,1H3,(H,20,24)(H,21,23). The lowest BCUT2D eigenvalue weighted by Gasteiger charge is -2.12. The van der Waals surface area contributed by atoms with Crippen molar-refractivity contribution in [2.75, 3.05) is 5.32 Å². The molecule has 0 heterocycles. The molecule has 8 heteroatoms. The lowest BCUT2D eigenvalue weighted by Crippen LogP contribution is -2.31. The van der Waals surface area contributed by atoms with Gasteiger partial charge in [-0.15, -0.1) is 0 Å². The Kier molecular flexibility index (Phi) is 6.84. The van der Waals surface area contributed by atoms with Crippen LogP contribution in [-0.2, 0) is 19.6 Å². The minimum absolute atomic E-state index is 0.0652. The van der Waals surface area contributed by atoms with Crippen LogP contribution in [0.3, 0.4) is 0 Å². The Morgan fingerprint density at radius 2 is 1.52 bits per heavy atom. The van der Waals surface area contributed by atoms with Gasteiger partial charge in [0.1, 0.15) is 10.7 Å². The topological polar surface area (TPSA) is 109 Å². The van der Waals surface area contributed by atoms with Crippen molar-refractivity contribution in [3.8, 4) is 0 Å². The number of hydrogen-bond donors (Lipinski definition) is 2. The first-order chi connectivity index (χ1) is 12.8. The fourth-order valence-electron chi connectivity index (χ4n) is 2.34. The van der Waals surface area contributed by atoms with Crippen LogP contribution >= 0.6 is 0 Å². The van der Waals surface area contributed by atoms with Crippen LogP contribution in [0.5, 0.6) is 0 Å². The van der Waals surface area contributed by atoms with Crippen molar-refractivity contribution in [3.05, 3.63) is 60.2 Å². The van der Waals surface area contributed by atoms with E-state index < -0.39 is 21.8 Å². The molecule has 0 radical (unpaired) electrons. The summed E-state index contributed by atoms with van der Waals surface area (Å²) in [6.07, 6.45) is 0.387. The van der Waals surface area contributed by atoms with Crippen molar-refractivity contribution in [2.24, 2.45) is 0 Å². The predicted molar refractivity (Wildman–Crippen MR) is 101 cm³/mol. The number of ketones is 1. The number of carbonyl (C=O) groups excluding carboxylic acids is 3. The number of hydrogen-bond acceptors (Lipinski definition) is 5. The third-order valence-corrected chi connectivity index (χ3v) is 5.07. The van der Waals surface area contributed by atoms with Gasteiger partial charge in [0.25, 0.3) is 15.9 Å². The largest absolute Gasteiger partial charge is 0.321 e. The molecule has 7 nitrogen and oxygen atoms in total. The SMILES string of the molecule is CC(=O)CCCC(=O)NS(=O)(=O)c1ccccc1NC(=O)c1ccccc1. The first-order valence-corrected chi connectivity index (χ1v) is 9.78. The van der Waals surface area contributed by atoms with Crippen molar-refractivity contribution in [3.63, 3.8) is 0 Å². The lowest BCUT2D eigenvalue weighted by atomic mass is 10.2. The molecule has 0 unspecified atom stereocenters. The molecular weight excluding hydrogens is 368 g/mol. The molecule has 0 saturated heterocycles. The van der Waals surface area contributed by atoms with E-state index in [2.05, 4.69) is 5.32 Å². The zero-order chi connectivity index (χ0) is 19.9. The quantitative estimate of drug-likeness (QED) is 0.722. The van der Waals surface area contributed by atoms with Crippen molar-refractivity contribution >= 4 is 33.3 Å². The number of nitrogens with one attached hydrogen (secondary N) is 2. The maximum atomic E-state index is 12.5. The van der Waals surface area contributed by atoms with Crippen LogP contribution in [0.15, 0.2) is 59.5 Å². The van der Waals surface area contributed by atoms with Gasteiger partial charge in [0, 0.05) is 18.4 Å². The highest BCUT2D eigenvalue weighted by Gasteiger charge is 2.22. The van der Waals surface area contributed by atoms with Crippen LogP contribution in [0.1, 0.15) is 36.5 Å². The highest BCUT2D eigenvalue weighted by Crippen LogP contribution is 2.21. The van der Waals surface area contributed by atoms with Crippen LogP contribution in [-0.4, -0.2) is 26.0 Å².